The van der Waals surface area contributed by atoms with Crippen molar-refractivity contribution < 1.29 is 22.7 Å². The van der Waals surface area contributed by atoms with Crippen LogP contribution < -0.4 is 5.32 Å². The normalized spacial score (nSPS) is 14.6. The number of hydrogen-bond acceptors (Lipinski definition) is 4. The minimum atomic E-state index is -3.32. The van der Waals surface area contributed by atoms with E-state index in [9.17, 15) is 22.7 Å². The third-order valence-electron chi connectivity index (χ3n) is 2.86. The Balaban J connectivity index is 2.90. The average molecular weight is 303 g/mol. The molecule has 0 radical (unpaired) electrons. The lowest BCUT2D eigenvalue weighted by Crippen LogP contribution is -2.40. The van der Waals surface area contributed by atoms with Crippen molar-refractivity contribution >= 4 is 15.7 Å². The van der Waals surface area contributed by atoms with E-state index in [4.69, 9.17) is 0 Å². The van der Waals surface area contributed by atoms with Gasteiger partial charge in [-0.15, -0.1) is 0 Å². The van der Waals surface area contributed by atoms with Crippen molar-refractivity contribution in [2.75, 3.05) is 12.9 Å². The first-order chi connectivity index (χ1) is 9.29. The first kappa shape index (κ1) is 16.6. The minimum absolute atomic E-state index is 0.114. The van der Waals surface area contributed by atoms with Gasteiger partial charge in [0.15, 0.2) is 9.84 Å². The van der Waals surface area contributed by atoms with Gasteiger partial charge < -0.3 is 10.4 Å². The van der Waals surface area contributed by atoms with Gasteiger partial charge in [0.1, 0.15) is 12.8 Å². The number of rotatable bonds is 6. The summed E-state index contributed by atoms with van der Waals surface area (Å²) < 4.78 is 35.5. The number of carbonyl (C=O) groups is 1. The molecule has 20 heavy (non-hydrogen) atoms. The summed E-state index contributed by atoms with van der Waals surface area (Å²) in [5.41, 5.74) is 0.344. The lowest BCUT2D eigenvalue weighted by Gasteiger charge is -2.21. The quantitative estimate of drug-likeness (QED) is 0.821. The molecule has 1 aromatic carbocycles. The molecule has 0 fully saturated rings. The summed E-state index contributed by atoms with van der Waals surface area (Å²) in [6, 6.07) is 4.44. The highest BCUT2D eigenvalue weighted by molar-refractivity contribution is 7.90. The summed E-state index contributed by atoms with van der Waals surface area (Å²) in [7, 11) is -3.32. The first-order valence-electron chi connectivity index (χ1n) is 6.13. The maximum absolute atomic E-state index is 12.9. The van der Waals surface area contributed by atoms with Crippen molar-refractivity contribution in [2.45, 2.75) is 30.4 Å². The lowest BCUT2D eigenvalue weighted by atomic mass is 10.0. The molecule has 0 unspecified atom stereocenters. The number of benzene rings is 1. The maximum atomic E-state index is 12.9. The monoisotopic (exact) mass is 303 g/mol. The third kappa shape index (κ3) is 4.28. The molecule has 0 aliphatic heterocycles. The Bertz CT molecular complexity index is 556. The van der Waals surface area contributed by atoms with Gasteiger partial charge in [0.05, 0.1) is 10.9 Å². The number of aliphatic hydroxyl groups is 1. The highest BCUT2D eigenvalue weighted by Crippen LogP contribution is 2.20. The largest absolute Gasteiger partial charge is 0.386 e. The molecule has 2 atom stereocenters. The van der Waals surface area contributed by atoms with Crippen LogP contribution in [0.5, 0.6) is 0 Å². The molecule has 0 heterocycles. The molecule has 5 nitrogen and oxygen atoms in total. The summed E-state index contributed by atoms with van der Waals surface area (Å²) in [5, 5.41) is 12.4. The smallest absolute Gasteiger partial charge is 0.220 e. The number of alkyl halides is 1. The van der Waals surface area contributed by atoms with Crippen LogP contribution in [-0.2, 0) is 14.6 Å². The Labute approximate surface area is 117 Å². The van der Waals surface area contributed by atoms with Crippen molar-refractivity contribution in [1.29, 1.82) is 0 Å². The van der Waals surface area contributed by atoms with Gasteiger partial charge in [-0.25, -0.2) is 12.8 Å². The standard InChI is InChI=1S/C13H18FNO4S/c1-3-12(16)15-11(8-14)13(17)9-4-6-10(7-5-9)20(2,18)19/h4-7,11,13,17H,3,8H2,1-2H3,(H,15,16)/t11-,13-/m1/s1. The lowest BCUT2D eigenvalue weighted by molar-refractivity contribution is -0.122. The van der Waals surface area contributed by atoms with Crippen molar-refractivity contribution in [3.63, 3.8) is 0 Å². The molecular formula is C13H18FNO4S. The molecule has 7 heteroatoms. The maximum Gasteiger partial charge on any atom is 0.220 e. The zero-order chi connectivity index (χ0) is 15.3. The van der Waals surface area contributed by atoms with Crippen LogP contribution in [0.2, 0.25) is 0 Å². The number of amides is 1. The van der Waals surface area contributed by atoms with Crippen molar-refractivity contribution in [2.24, 2.45) is 0 Å². The van der Waals surface area contributed by atoms with E-state index in [1.54, 1.807) is 6.92 Å². The Hall–Kier alpha value is -1.47. The first-order valence-corrected chi connectivity index (χ1v) is 8.02. The molecule has 1 aromatic rings. The summed E-state index contributed by atoms with van der Waals surface area (Å²) in [4.78, 5) is 11.3. The van der Waals surface area contributed by atoms with Crippen LogP contribution in [-0.4, -0.2) is 38.4 Å². The molecule has 0 spiro atoms. The second-order valence-corrected chi connectivity index (χ2v) is 6.48. The van der Waals surface area contributed by atoms with Crippen LogP contribution in [0, 0.1) is 0 Å². The number of halogens is 1. The number of sulfone groups is 1. The molecule has 0 aromatic heterocycles. The van der Waals surface area contributed by atoms with E-state index in [1.165, 1.54) is 24.3 Å². The summed E-state index contributed by atoms with van der Waals surface area (Å²) in [6.07, 6.45) is 0.0321. The number of hydrogen-bond donors (Lipinski definition) is 2. The summed E-state index contributed by atoms with van der Waals surface area (Å²) >= 11 is 0. The van der Waals surface area contributed by atoms with E-state index < -0.39 is 28.7 Å². The minimum Gasteiger partial charge on any atom is -0.386 e. The predicted molar refractivity (Wildman–Crippen MR) is 72.7 cm³/mol. The van der Waals surface area contributed by atoms with Gasteiger partial charge in [0, 0.05) is 12.7 Å². The average Bonchev–Trinajstić information content (AvgIpc) is 2.42. The molecule has 1 amide bonds. The van der Waals surface area contributed by atoms with E-state index in [1.807, 2.05) is 0 Å². The summed E-state index contributed by atoms with van der Waals surface area (Å²) in [6.45, 7) is 0.707. The highest BCUT2D eigenvalue weighted by atomic mass is 32.2. The number of aliphatic hydroxyl groups excluding tert-OH is 1. The summed E-state index contributed by atoms with van der Waals surface area (Å²) in [5.74, 6) is -0.362. The SMILES string of the molecule is CCC(=O)N[C@H](CF)[C@H](O)c1ccc(S(C)(=O)=O)cc1. The molecule has 112 valence electrons. The fourth-order valence-electron chi connectivity index (χ4n) is 1.66. The van der Waals surface area contributed by atoms with Crippen LogP contribution in [0.4, 0.5) is 4.39 Å². The van der Waals surface area contributed by atoms with E-state index in [-0.39, 0.29) is 17.2 Å². The fourth-order valence-corrected chi connectivity index (χ4v) is 2.29. The van der Waals surface area contributed by atoms with Crippen LogP contribution in [0.15, 0.2) is 29.2 Å². The van der Waals surface area contributed by atoms with Crippen molar-refractivity contribution in [3.8, 4) is 0 Å². The predicted octanol–water partition coefficient (Wildman–Crippen LogP) is 0.988. The van der Waals surface area contributed by atoms with Gasteiger partial charge in [0.25, 0.3) is 0 Å². The van der Waals surface area contributed by atoms with Gasteiger partial charge in [-0.1, -0.05) is 19.1 Å². The zero-order valence-corrected chi connectivity index (χ0v) is 12.2. The molecule has 2 N–H and O–H groups in total. The van der Waals surface area contributed by atoms with Gasteiger partial charge in [-0.3, -0.25) is 4.79 Å². The molecule has 0 bridgehead atoms. The second-order valence-electron chi connectivity index (χ2n) is 4.47. The number of nitrogens with one attached hydrogen (secondary N) is 1. The molecular weight excluding hydrogens is 285 g/mol. The number of carbonyl (C=O) groups excluding carboxylic acids is 1. The Kier molecular flexibility index (Phi) is 5.64. The van der Waals surface area contributed by atoms with E-state index in [0.717, 1.165) is 6.26 Å². The molecule has 0 aliphatic rings. The van der Waals surface area contributed by atoms with Gasteiger partial charge >= 0.3 is 0 Å². The van der Waals surface area contributed by atoms with Gasteiger partial charge in [-0.05, 0) is 17.7 Å². The third-order valence-corrected chi connectivity index (χ3v) is 3.99. The topological polar surface area (TPSA) is 83.5 Å². The van der Waals surface area contributed by atoms with Gasteiger partial charge in [-0.2, -0.15) is 0 Å². The highest BCUT2D eigenvalue weighted by Gasteiger charge is 2.22. The Morgan fingerprint density at radius 1 is 1.35 bits per heavy atom. The van der Waals surface area contributed by atoms with Crippen molar-refractivity contribution in [1.82, 2.24) is 5.32 Å². The molecule has 0 saturated carbocycles. The van der Waals surface area contributed by atoms with Crippen LogP contribution in [0.3, 0.4) is 0 Å². The zero-order valence-electron chi connectivity index (χ0n) is 11.3. The van der Waals surface area contributed by atoms with Crippen molar-refractivity contribution in [3.05, 3.63) is 29.8 Å². The van der Waals surface area contributed by atoms with Gasteiger partial charge in [0.2, 0.25) is 5.91 Å². The van der Waals surface area contributed by atoms with Crippen LogP contribution in [0.1, 0.15) is 25.0 Å². The Morgan fingerprint density at radius 3 is 2.30 bits per heavy atom. The van der Waals surface area contributed by atoms with Crippen LogP contribution in [0.25, 0.3) is 0 Å². The van der Waals surface area contributed by atoms with E-state index in [0.29, 0.717) is 5.56 Å². The van der Waals surface area contributed by atoms with E-state index in [2.05, 4.69) is 5.32 Å². The molecule has 0 aliphatic carbocycles. The van der Waals surface area contributed by atoms with Crippen LogP contribution >= 0.6 is 0 Å². The molecule has 1 rings (SSSR count). The Morgan fingerprint density at radius 2 is 1.90 bits per heavy atom. The molecule has 0 saturated heterocycles. The fraction of sp³-hybridized carbons (Fsp3) is 0.462. The van der Waals surface area contributed by atoms with E-state index >= 15 is 0 Å². The second kappa shape index (κ2) is 6.81.